The molecule has 2 N–H and O–H groups in total. The highest BCUT2D eigenvalue weighted by Gasteiger charge is 2.17. The highest BCUT2D eigenvalue weighted by molar-refractivity contribution is 6.07. The summed E-state index contributed by atoms with van der Waals surface area (Å²) < 4.78 is 0. The Morgan fingerprint density at radius 2 is 0.717 bits per heavy atom. The van der Waals surface area contributed by atoms with Gasteiger partial charge in [0.15, 0.2) is 0 Å². The molecule has 0 aliphatic carbocycles. The van der Waals surface area contributed by atoms with E-state index in [1.807, 2.05) is 12.1 Å². The fourth-order valence-corrected chi connectivity index (χ4v) is 6.15. The number of hydrogen-bond acceptors (Lipinski definition) is 4. The summed E-state index contributed by atoms with van der Waals surface area (Å²) in [6, 6.07) is 7.26. The van der Waals surface area contributed by atoms with Crippen molar-refractivity contribution in [1.82, 2.24) is 20.4 Å². The summed E-state index contributed by atoms with van der Waals surface area (Å²) in [6.45, 7) is 16.3. The summed E-state index contributed by atoms with van der Waals surface area (Å²) in [4.78, 5) is 31.6. The van der Waals surface area contributed by atoms with Gasteiger partial charge in [0.05, 0.1) is 11.1 Å². The number of carbonyl (C=O) groups excluding carboxylic acids is 2. The third-order valence-corrected chi connectivity index (χ3v) is 9.16. The van der Waals surface area contributed by atoms with E-state index >= 15 is 0 Å². The van der Waals surface area contributed by atoms with Crippen molar-refractivity contribution < 1.29 is 9.59 Å². The maximum Gasteiger partial charge on any atom is 0.252 e. The summed E-state index contributed by atoms with van der Waals surface area (Å²) in [5, 5.41) is 6.25. The minimum atomic E-state index is -0.155. The first-order valence-electron chi connectivity index (χ1n) is 19.7. The molecule has 0 heterocycles. The summed E-state index contributed by atoms with van der Waals surface area (Å²) in [6.07, 6.45) is 25.6. The number of amides is 2. The summed E-state index contributed by atoms with van der Waals surface area (Å²) in [5.41, 5.74) is 0.934. The number of benzene rings is 1. The molecular weight excluding hydrogens is 568 g/mol. The van der Waals surface area contributed by atoms with Gasteiger partial charge in [0, 0.05) is 26.2 Å². The zero-order valence-electron chi connectivity index (χ0n) is 30.8. The number of unbranched alkanes of at least 4 members (excludes halogenated alkanes) is 16. The Hall–Kier alpha value is -1.92. The first-order chi connectivity index (χ1) is 22.6. The van der Waals surface area contributed by atoms with Gasteiger partial charge in [-0.3, -0.25) is 9.59 Å². The fraction of sp³-hybridized carbons (Fsp3) is 0.800. The second kappa shape index (κ2) is 30.4. The standard InChI is InChI=1S/C40H74N4O2/c1-5-9-13-17-23-31-43(32-24-18-14-10-6-2)35-29-41-39(45)37-27-21-22-28-38(37)40(46)42-30-36-44(33-25-19-15-11-7-3)34-26-20-16-12-8-4/h21-22,27-28H,5-20,23-26,29-36H2,1-4H3,(H,41,45)(H,42,46). The Morgan fingerprint density at radius 3 is 1.00 bits per heavy atom. The number of hydrogen-bond donors (Lipinski definition) is 2. The molecule has 46 heavy (non-hydrogen) atoms. The van der Waals surface area contributed by atoms with Gasteiger partial charge in [-0.25, -0.2) is 0 Å². The Balaban J connectivity index is 2.62. The van der Waals surface area contributed by atoms with Crippen molar-refractivity contribution in [2.45, 2.75) is 156 Å². The highest BCUT2D eigenvalue weighted by Crippen LogP contribution is 2.11. The first-order valence-corrected chi connectivity index (χ1v) is 19.7. The van der Waals surface area contributed by atoms with Crippen LogP contribution in [0.4, 0.5) is 0 Å². The van der Waals surface area contributed by atoms with E-state index in [-0.39, 0.29) is 11.8 Å². The molecule has 266 valence electrons. The highest BCUT2D eigenvalue weighted by atomic mass is 16.2. The third-order valence-electron chi connectivity index (χ3n) is 9.16. The van der Waals surface area contributed by atoms with Gasteiger partial charge in [-0.05, 0) is 64.0 Å². The third kappa shape index (κ3) is 21.8. The van der Waals surface area contributed by atoms with E-state index in [0.717, 1.165) is 39.3 Å². The molecule has 0 aliphatic rings. The van der Waals surface area contributed by atoms with Crippen LogP contribution >= 0.6 is 0 Å². The Bertz CT molecular complexity index is 764. The second-order valence-corrected chi connectivity index (χ2v) is 13.4. The van der Waals surface area contributed by atoms with Crippen LogP contribution in [0.1, 0.15) is 177 Å². The lowest BCUT2D eigenvalue weighted by Crippen LogP contribution is -2.38. The van der Waals surface area contributed by atoms with E-state index in [0.29, 0.717) is 24.2 Å². The minimum Gasteiger partial charge on any atom is -0.351 e. The molecular formula is C40H74N4O2. The van der Waals surface area contributed by atoms with Gasteiger partial charge in [0.2, 0.25) is 0 Å². The van der Waals surface area contributed by atoms with Gasteiger partial charge in [-0.1, -0.05) is 143 Å². The quantitative estimate of drug-likeness (QED) is 0.0768. The molecule has 0 bridgehead atoms. The molecule has 0 radical (unpaired) electrons. The molecule has 0 aromatic heterocycles. The van der Waals surface area contributed by atoms with Gasteiger partial charge in [0.1, 0.15) is 0 Å². The Morgan fingerprint density at radius 1 is 0.435 bits per heavy atom. The molecule has 1 aromatic carbocycles. The lowest BCUT2D eigenvalue weighted by atomic mass is 10.1. The molecule has 1 aromatic rings. The maximum absolute atomic E-state index is 13.3. The van der Waals surface area contributed by atoms with Crippen molar-refractivity contribution in [3.63, 3.8) is 0 Å². The predicted octanol–water partition coefficient (Wildman–Crippen LogP) is 9.63. The van der Waals surface area contributed by atoms with Crippen LogP contribution in [0, 0.1) is 0 Å². The van der Waals surface area contributed by atoms with Crippen molar-refractivity contribution in [1.29, 1.82) is 0 Å². The molecule has 0 saturated heterocycles. The number of carbonyl (C=O) groups is 2. The van der Waals surface area contributed by atoms with Crippen LogP contribution in [-0.4, -0.2) is 74.0 Å². The monoisotopic (exact) mass is 643 g/mol. The van der Waals surface area contributed by atoms with Crippen LogP contribution in [0.2, 0.25) is 0 Å². The molecule has 0 spiro atoms. The minimum absolute atomic E-state index is 0.155. The molecule has 1 rings (SSSR count). The zero-order chi connectivity index (χ0) is 33.5. The van der Waals surface area contributed by atoms with Gasteiger partial charge in [-0.15, -0.1) is 0 Å². The largest absolute Gasteiger partial charge is 0.351 e. The Labute approximate surface area is 285 Å². The van der Waals surface area contributed by atoms with Crippen LogP contribution in [0.25, 0.3) is 0 Å². The summed E-state index contributed by atoms with van der Waals surface area (Å²) in [7, 11) is 0. The van der Waals surface area contributed by atoms with Crippen molar-refractivity contribution in [2.75, 3.05) is 52.4 Å². The SMILES string of the molecule is CCCCCCCN(CCCCCCC)CCNC(=O)c1ccccc1C(=O)NCCN(CCCCCCC)CCCCCCC. The summed E-state index contributed by atoms with van der Waals surface area (Å²) >= 11 is 0. The van der Waals surface area contributed by atoms with Gasteiger partial charge in [-0.2, -0.15) is 0 Å². The van der Waals surface area contributed by atoms with E-state index < -0.39 is 0 Å². The molecule has 0 fully saturated rings. The van der Waals surface area contributed by atoms with Crippen molar-refractivity contribution >= 4 is 11.8 Å². The molecule has 0 saturated carbocycles. The van der Waals surface area contributed by atoms with Gasteiger partial charge < -0.3 is 20.4 Å². The molecule has 2 amide bonds. The second-order valence-electron chi connectivity index (χ2n) is 13.4. The maximum atomic E-state index is 13.3. The number of nitrogens with zero attached hydrogens (tertiary/aromatic N) is 2. The smallest absolute Gasteiger partial charge is 0.252 e. The fourth-order valence-electron chi connectivity index (χ4n) is 6.15. The van der Waals surface area contributed by atoms with Gasteiger partial charge >= 0.3 is 0 Å². The van der Waals surface area contributed by atoms with E-state index in [9.17, 15) is 9.59 Å². The van der Waals surface area contributed by atoms with Crippen molar-refractivity contribution in [2.24, 2.45) is 0 Å². The average Bonchev–Trinajstić information content (AvgIpc) is 3.07. The zero-order valence-corrected chi connectivity index (χ0v) is 30.8. The molecule has 6 nitrogen and oxygen atoms in total. The topological polar surface area (TPSA) is 64.7 Å². The van der Waals surface area contributed by atoms with Crippen LogP contribution in [0.5, 0.6) is 0 Å². The van der Waals surface area contributed by atoms with E-state index in [2.05, 4.69) is 48.1 Å². The van der Waals surface area contributed by atoms with E-state index in [4.69, 9.17) is 0 Å². The number of nitrogens with one attached hydrogen (secondary N) is 2. The van der Waals surface area contributed by atoms with Gasteiger partial charge in [0.25, 0.3) is 11.8 Å². The molecule has 0 aliphatic heterocycles. The molecule has 0 atom stereocenters. The Kier molecular flexibility index (Phi) is 27.8. The summed E-state index contributed by atoms with van der Waals surface area (Å²) in [5.74, 6) is -0.310. The van der Waals surface area contributed by atoms with Crippen molar-refractivity contribution in [3.8, 4) is 0 Å². The van der Waals surface area contributed by atoms with E-state index in [1.54, 1.807) is 12.1 Å². The molecule has 0 unspecified atom stereocenters. The van der Waals surface area contributed by atoms with Crippen molar-refractivity contribution in [3.05, 3.63) is 35.4 Å². The average molecular weight is 643 g/mol. The van der Waals surface area contributed by atoms with Crippen LogP contribution in [0.3, 0.4) is 0 Å². The number of rotatable bonds is 32. The van der Waals surface area contributed by atoms with Crippen LogP contribution in [-0.2, 0) is 0 Å². The molecule has 6 heteroatoms. The lowest BCUT2D eigenvalue weighted by molar-refractivity contribution is 0.0913. The first kappa shape index (κ1) is 42.1. The normalized spacial score (nSPS) is 11.4. The van der Waals surface area contributed by atoms with Crippen LogP contribution < -0.4 is 10.6 Å². The predicted molar refractivity (Wildman–Crippen MR) is 199 cm³/mol. The lowest BCUT2D eigenvalue weighted by Gasteiger charge is -2.23. The van der Waals surface area contributed by atoms with Crippen LogP contribution in [0.15, 0.2) is 24.3 Å². The van der Waals surface area contributed by atoms with E-state index in [1.165, 1.54) is 128 Å².